The zero-order valence-corrected chi connectivity index (χ0v) is 23.7. The van der Waals surface area contributed by atoms with Gasteiger partial charge in [-0.1, -0.05) is 117 Å². The van der Waals surface area contributed by atoms with Gasteiger partial charge in [-0.25, -0.2) is 4.79 Å². The summed E-state index contributed by atoms with van der Waals surface area (Å²) < 4.78 is 0. The van der Waals surface area contributed by atoms with Crippen LogP contribution in [-0.2, 0) is 19.3 Å². The average molecular weight is 489 g/mol. The van der Waals surface area contributed by atoms with Gasteiger partial charge in [0.15, 0.2) is 0 Å². The van der Waals surface area contributed by atoms with Crippen molar-refractivity contribution >= 4 is 5.97 Å². The number of carbonyl (C=O) groups is 1. The zero-order valence-electron chi connectivity index (χ0n) is 23.7. The molecule has 0 atom stereocenters. The highest BCUT2D eigenvalue weighted by Gasteiger charge is 2.24. The molecule has 3 heteroatoms. The molecule has 0 saturated carbocycles. The molecule has 0 heterocycles. The van der Waals surface area contributed by atoms with Crippen LogP contribution < -0.4 is 0 Å². The van der Waals surface area contributed by atoms with Gasteiger partial charge >= 0.3 is 5.97 Å². The van der Waals surface area contributed by atoms with Crippen LogP contribution in [-0.4, -0.2) is 16.2 Å². The summed E-state index contributed by atoms with van der Waals surface area (Å²) in [5, 5.41) is 21.6. The van der Waals surface area contributed by atoms with E-state index in [2.05, 4.69) is 20.8 Å². The molecule has 0 saturated heterocycles. The van der Waals surface area contributed by atoms with Gasteiger partial charge in [-0.3, -0.25) is 0 Å². The molecule has 0 amide bonds. The third-order valence-electron chi connectivity index (χ3n) is 7.62. The molecule has 0 unspecified atom stereocenters. The van der Waals surface area contributed by atoms with E-state index in [1.165, 1.54) is 77.0 Å². The molecule has 0 bridgehead atoms. The first-order valence-electron chi connectivity index (χ1n) is 15.1. The maximum absolute atomic E-state index is 12.4. The molecule has 1 rings (SSSR count). The summed E-state index contributed by atoms with van der Waals surface area (Å²) in [6.07, 6.45) is 23.8. The molecule has 0 spiro atoms. The summed E-state index contributed by atoms with van der Waals surface area (Å²) in [7, 11) is 0. The molecule has 1 aromatic carbocycles. The van der Waals surface area contributed by atoms with Crippen molar-refractivity contribution in [2.45, 2.75) is 163 Å². The van der Waals surface area contributed by atoms with Gasteiger partial charge in [-0.2, -0.15) is 0 Å². The lowest BCUT2D eigenvalue weighted by Gasteiger charge is -2.21. The second kappa shape index (κ2) is 19.7. The monoisotopic (exact) mass is 488 g/mol. The maximum Gasteiger partial charge on any atom is 0.336 e. The van der Waals surface area contributed by atoms with Crippen molar-refractivity contribution < 1.29 is 15.0 Å². The van der Waals surface area contributed by atoms with E-state index in [-0.39, 0.29) is 0 Å². The van der Waals surface area contributed by atoms with Crippen LogP contribution in [0.2, 0.25) is 0 Å². The van der Waals surface area contributed by atoms with Crippen molar-refractivity contribution in [2.24, 2.45) is 0 Å². The molecule has 0 aliphatic heterocycles. The first kappa shape index (κ1) is 31.5. The Labute approximate surface area is 217 Å². The number of rotatable bonds is 22. The molecule has 202 valence electrons. The highest BCUT2D eigenvalue weighted by Crippen LogP contribution is 2.37. The predicted octanol–water partition coefficient (Wildman–Crippen LogP) is 10.1. The Balaban J connectivity index is 3.06. The van der Waals surface area contributed by atoms with E-state index in [0.29, 0.717) is 11.3 Å². The number of hydrogen-bond donors (Lipinski definition) is 2. The fourth-order valence-corrected chi connectivity index (χ4v) is 5.42. The van der Waals surface area contributed by atoms with Crippen molar-refractivity contribution in [3.05, 3.63) is 27.8 Å². The van der Waals surface area contributed by atoms with Gasteiger partial charge in [0.05, 0.1) is 5.56 Å². The second-order valence-electron chi connectivity index (χ2n) is 10.6. The van der Waals surface area contributed by atoms with Crippen LogP contribution in [0.4, 0.5) is 0 Å². The fraction of sp³-hybridized carbons (Fsp3) is 0.781. The van der Waals surface area contributed by atoms with E-state index in [1.54, 1.807) is 0 Å². The van der Waals surface area contributed by atoms with Gasteiger partial charge in [0.2, 0.25) is 0 Å². The average Bonchev–Trinajstić information content (AvgIpc) is 2.83. The van der Waals surface area contributed by atoms with E-state index < -0.39 is 5.97 Å². The Morgan fingerprint density at radius 1 is 0.543 bits per heavy atom. The Morgan fingerprint density at radius 3 is 1.29 bits per heavy atom. The number of benzene rings is 1. The lowest BCUT2D eigenvalue weighted by atomic mass is 9.84. The van der Waals surface area contributed by atoms with Crippen molar-refractivity contribution in [3.63, 3.8) is 0 Å². The quantitative estimate of drug-likeness (QED) is 0.160. The Hall–Kier alpha value is -1.51. The molecule has 0 fully saturated rings. The van der Waals surface area contributed by atoms with Crippen LogP contribution >= 0.6 is 0 Å². The number of aromatic carboxylic acids is 1. The minimum Gasteiger partial charge on any atom is -0.507 e. The van der Waals surface area contributed by atoms with Crippen LogP contribution in [0.25, 0.3) is 0 Å². The molecular formula is C32H56O3. The van der Waals surface area contributed by atoms with Crippen LogP contribution in [0, 0.1) is 6.92 Å². The Kier molecular flexibility index (Phi) is 17.7. The van der Waals surface area contributed by atoms with Gasteiger partial charge in [0, 0.05) is 0 Å². The van der Waals surface area contributed by atoms with Gasteiger partial charge in [-0.15, -0.1) is 0 Å². The summed E-state index contributed by atoms with van der Waals surface area (Å²) in [5.74, 6) is -0.410. The molecule has 3 nitrogen and oxygen atoms in total. The lowest BCUT2D eigenvalue weighted by molar-refractivity contribution is 0.0694. The van der Waals surface area contributed by atoms with Gasteiger partial charge in [0.1, 0.15) is 5.75 Å². The first-order valence-corrected chi connectivity index (χ1v) is 15.1. The van der Waals surface area contributed by atoms with E-state index in [4.69, 9.17) is 0 Å². The highest BCUT2D eigenvalue weighted by molar-refractivity contribution is 5.92. The second-order valence-corrected chi connectivity index (χ2v) is 10.6. The van der Waals surface area contributed by atoms with Crippen LogP contribution in [0.15, 0.2) is 0 Å². The number of aromatic hydroxyl groups is 1. The van der Waals surface area contributed by atoms with Gasteiger partial charge in [-0.05, 0) is 67.7 Å². The van der Waals surface area contributed by atoms with Crippen molar-refractivity contribution in [1.29, 1.82) is 0 Å². The largest absolute Gasteiger partial charge is 0.507 e. The minimum atomic E-state index is -0.822. The molecule has 2 N–H and O–H groups in total. The normalized spacial score (nSPS) is 11.3. The molecule has 35 heavy (non-hydrogen) atoms. The predicted molar refractivity (Wildman–Crippen MR) is 151 cm³/mol. The molecule has 0 aliphatic rings. The van der Waals surface area contributed by atoms with E-state index in [0.717, 1.165) is 80.0 Å². The molecule has 0 aromatic heterocycles. The van der Waals surface area contributed by atoms with Crippen molar-refractivity contribution in [1.82, 2.24) is 0 Å². The number of phenolic OH excluding ortho intramolecular Hbond substituents is 1. The van der Waals surface area contributed by atoms with Crippen molar-refractivity contribution in [3.8, 4) is 5.75 Å². The van der Waals surface area contributed by atoms with Crippen LogP contribution in [0.3, 0.4) is 0 Å². The zero-order chi connectivity index (χ0) is 25.9. The smallest absolute Gasteiger partial charge is 0.336 e. The highest BCUT2D eigenvalue weighted by atomic mass is 16.4. The van der Waals surface area contributed by atoms with E-state index in [9.17, 15) is 15.0 Å². The SMILES string of the molecule is CCCCCCCCc1c(C)c(C(=O)O)c(CCCCCCCC)c(CCCCCCCC)c1O. The lowest BCUT2D eigenvalue weighted by Crippen LogP contribution is -2.13. The van der Waals surface area contributed by atoms with Crippen LogP contribution in [0.1, 0.15) is 169 Å². The first-order chi connectivity index (χ1) is 17.0. The van der Waals surface area contributed by atoms with E-state index >= 15 is 0 Å². The molecule has 0 radical (unpaired) electrons. The Morgan fingerprint density at radius 2 is 0.886 bits per heavy atom. The summed E-state index contributed by atoms with van der Waals surface area (Å²) in [5.41, 5.74) is 4.04. The topological polar surface area (TPSA) is 57.5 Å². The Bertz CT molecular complexity index is 707. The van der Waals surface area contributed by atoms with Crippen molar-refractivity contribution in [2.75, 3.05) is 0 Å². The standard InChI is InChI=1S/C32H56O3/c1-5-8-11-14-17-20-23-27-26(4)30(32(34)35)28(24-21-18-15-12-9-6-2)29(31(27)33)25-22-19-16-13-10-7-3/h33H,5-25H2,1-4H3,(H,34,35). The van der Waals surface area contributed by atoms with Gasteiger partial charge < -0.3 is 10.2 Å². The van der Waals surface area contributed by atoms with Crippen LogP contribution in [0.5, 0.6) is 5.75 Å². The summed E-state index contributed by atoms with van der Waals surface area (Å²) in [6.45, 7) is 8.62. The molecular weight excluding hydrogens is 432 g/mol. The number of carboxylic acid groups (broad SMARTS) is 1. The third kappa shape index (κ3) is 11.8. The number of hydrogen-bond acceptors (Lipinski definition) is 2. The summed E-state index contributed by atoms with van der Waals surface area (Å²) in [6, 6.07) is 0. The number of phenols is 1. The molecule has 1 aromatic rings. The number of unbranched alkanes of at least 4 members (excludes halogenated alkanes) is 15. The summed E-state index contributed by atoms with van der Waals surface area (Å²) in [4.78, 5) is 12.4. The fourth-order valence-electron chi connectivity index (χ4n) is 5.42. The number of carboxylic acids is 1. The molecule has 0 aliphatic carbocycles. The maximum atomic E-state index is 12.4. The van der Waals surface area contributed by atoms with Gasteiger partial charge in [0.25, 0.3) is 0 Å². The van der Waals surface area contributed by atoms with E-state index in [1.807, 2.05) is 6.92 Å². The summed E-state index contributed by atoms with van der Waals surface area (Å²) >= 11 is 0. The third-order valence-corrected chi connectivity index (χ3v) is 7.62. The minimum absolute atomic E-state index is 0.413.